The minimum Gasteiger partial charge on any atom is -0.372 e. The lowest BCUT2D eigenvalue weighted by Crippen LogP contribution is -2.45. The molecule has 4 rings (SSSR count). The number of sulfonamides is 1. The van der Waals surface area contributed by atoms with Crippen molar-refractivity contribution in [2.24, 2.45) is 5.92 Å². The Morgan fingerprint density at radius 3 is 2.34 bits per heavy atom. The highest BCUT2D eigenvalue weighted by atomic mass is 32.2. The van der Waals surface area contributed by atoms with E-state index in [0.29, 0.717) is 24.9 Å². The van der Waals surface area contributed by atoms with Gasteiger partial charge in [0.1, 0.15) is 5.82 Å². The topological polar surface area (TPSA) is 116 Å². The number of nitrogens with one attached hydrogen (secondary N) is 1. The summed E-state index contributed by atoms with van der Waals surface area (Å²) in [5.41, 5.74) is 1.33. The molecule has 1 aromatic carbocycles. The van der Waals surface area contributed by atoms with Gasteiger partial charge in [0, 0.05) is 44.8 Å². The number of carbonyl (C=O) groups is 1. The number of hydrogen-bond donors (Lipinski definition) is 1. The number of aromatic nitrogens is 1. The number of pyridine rings is 1. The number of nitrogens with zero attached hydrogens (tertiary/aromatic N) is 4. The molecule has 0 bridgehead atoms. The summed E-state index contributed by atoms with van der Waals surface area (Å²) in [6, 6.07) is 11.8. The number of hydrogen-bond acceptors (Lipinski definition) is 7. The first-order chi connectivity index (χ1) is 16.8. The molecule has 10 heteroatoms. The number of piperidine rings is 1. The molecule has 35 heavy (non-hydrogen) atoms. The van der Waals surface area contributed by atoms with E-state index in [1.807, 2.05) is 18.2 Å². The minimum atomic E-state index is -3.64. The van der Waals surface area contributed by atoms with Crippen LogP contribution in [-0.4, -0.2) is 62.0 Å². The molecule has 2 saturated heterocycles. The standard InChI is InChI=1S/C25H31N5O4S/c1-18-16-29(17-19(2)34-18)24-8-5-21(14-27-24)15-28-25(31)22-9-11-30(12-10-22)35(32,33)23-6-3-20(13-26)4-7-23/h3-8,14,18-19,22H,9-12,15-17H2,1-2H3,(H,28,31). The Hall–Kier alpha value is -3.00. The quantitative estimate of drug-likeness (QED) is 0.651. The molecule has 2 fully saturated rings. The Morgan fingerprint density at radius 1 is 1.11 bits per heavy atom. The maximum Gasteiger partial charge on any atom is 0.243 e. The van der Waals surface area contributed by atoms with E-state index in [1.54, 1.807) is 6.20 Å². The smallest absolute Gasteiger partial charge is 0.243 e. The van der Waals surface area contributed by atoms with Crippen molar-refractivity contribution < 1.29 is 17.9 Å². The Labute approximate surface area is 206 Å². The van der Waals surface area contributed by atoms with Crippen LogP contribution in [0.4, 0.5) is 5.82 Å². The lowest BCUT2D eigenvalue weighted by molar-refractivity contribution is -0.126. The van der Waals surface area contributed by atoms with Gasteiger partial charge in [0.2, 0.25) is 15.9 Å². The lowest BCUT2D eigenvalue weighted by atomic mass is 9.97. The Kier molecular flexibility index (Phi) is 7.69. The van der Waals surface area contributed by atoms with Crippen LogP contribution in [0.25, 0.3) is 0 Å². The van der Waals surface area contributed by atoms with Gasteiger partial charge in [0.15, 0.2) is 0 Å². The molecular formula is C25H31N5O4S. The summed E-state index contributed by atoms with van der Waals surface area (Å²) in [4.78, 5) is 19.6. The first-order valence-electron chi connectivity index (χ1n) is 11.9. The SMILES string of the molecule is CC1CN(c2ccc(CNC(=O)C3CCN(S(=O)(=O)c4ccc(C#N)cc4)CC3)cn2)CC(C)O1. The van der Waals surface area contributed by atoms with Crippen LogP contribution in [0.2, 0.25) is 0 Å². The molecule has 0 saturated carbocycles. The van der Waals surface area contributed by atoms with Gasteiger partial charge in [-0.15, -0.1) is 0 Å². The highest BCUT2D eigenvalue weighted by molar-refractivity contribution is 7.89. The van der Waals surface area contributed by atoms with Crippen molar-refractivity contribution in [2.75, 3.05) is 31.1 Å². The van der Waals surface area contributed by atoms with Crippen molar-refractivity contribution in [2.45, 2.75) is 50.3 Å². The van der Waals surface area contributed by atoms with Crippen molar-refractivity contribution in [3.8, 4) is 6.07 Å². The first kappa shape index (κ1) is 25.1. The molecule has 2 aliphatic heterocycles. The number of ether oxygens (including phenoxy) is 1. The molecule has 0 aliphatic carbocycles. The molecule has 186 valence electrons. The molecule has 2 atom stereocenters. The molecular weight excluding hydrogens is 466 g/mol. The Balaban J connectivity index is 1.26. The van der Waals surface area contributed by atoms with E-state index in [2.05, 4.69) is 29.0 Å². The number of morpholine rings is 1. The molecule has 1 amide bonds. The van der Waals surface area contributed by atoms with Crippen molar-refractivity contribution in [1.29, 1.82) is 5.26 Å². The van der Waals surface area contributed by atoms with Crippen molar-refractivity contribution >= 4 is 21.7 Å². The van der Waals surface area contributed by atoms with Gasteiger partial charge in [0.25, 0.3) is 0 Å². The summed E-state index contributed by atoms with van der Waals surface area (Å²) in [7, 11) is -3.64. The minimum absolute atomic E-state index is 0.0691. The van der Waals surface area contributed by atoms with E-state index >= 15 is 0 Å². The molecule has 1 N–H and O–H groups in total. The van der Waals surface area contributed by atoms with E-state index in [4.69, 9.17) is 10.00 Å². The van der Waals surface area contributed by atoms with Crippen LogP contribution in [0.3, 0.4) is 0 Å². The van der Waals surface area contributed by atoms with Crippen LogP contribution in [-0.2, 0) is 26.1 Å². The highest BCUT2D eigenvalue weighted by Gasteiger charge is 2.32. The van der Waals surface area contributed by atoms with E-state index < -0.39 is 10.0 Å². The second-order valence-electron chi connectivity index (χ2n) is 9.22. The van der Waals surface area contributed by atoms with E-state index in [-0.39, 0.29) is 42.0 Å². The monoisotopic (exact) mass is 497 g/mol. The lowest BCUT2D eigenvalue weighted by Gasteiger charge is -2.36. The largest absolute Gasteiger partial charge is 0.372 e. The van der Waals surface area contributed by atoms with Gasteiger partial charge >= 0.3 is 0 Å². The number of rotatable bonds is 6. The van der Waals surface area contributed by atoms with Crippen molar-refractivity contribution in [1.82, 2.24) is 14.6 Å². The van der Waals surface area contributed by atoms with Crippen LogP contribution in [0.5, 0.6) is 0 Å². The summed E-state index contributed by atoms with van der Waals surface area (Å²) < 4.78 is 32.9. The second-order valence-corrected chi connectivity index (χ2v) is 11.2. The molecule has 2 aromatic rings. The predicted octanol–water partition coefficient (Wildman–Crippen LogP) is 2.28. The van der Waals surface area contributed by atoms with Gasteiger partial charge in [-0.05, 0) is 62.6 Å². The predicted molar refractivity (Wildman–Crippen MR) is 131 cm³/mol. The molecule has 0 spiro atoms. The van der Waals surface area contributed by atoms with Crippen LogP contribution in [0.1, 0.15) is 37.8 Å². The fraction of sp³-hybridized carbons (Fsp3) is 0.480. The van der Waals surface area contributed by atoms with E-state index in [9.17, 15) is 13.2 Å². The van der Waals surface area contributed by atoms with E-state index in [1.165, 1.54) is 28.6 Å². The van der Waals surface area contributed by atoms with Crippen molar-refractivity contribution in [3.63, 3.8) is 0 Å². The number of nitriles is 1. The molecule has 1 aromatic heterocycles. The fourth-order valence-electron chi connectivity index (χ4n) is 4.62. The maximum atomic E-state index is 12.9. The van der Waals surface area contributed by atoms with Crippen LogP contribution < -0.4 is 10.2 Å². The second kappa shape index (κ2) is 10.7. The highest BCUT2D eigenvalue weighted by Crippen LogP contribution is 2.24. The third kappa shape index (κ3) is 5.99. The first-order valence-corrected chi connectivity index (χ1v) is 13.3. The fourth-order valence-corrected chi connectivity index (χ4v) is 6.09. The van der Waals surface area contributed by atoms with Crippen molar-refractivity contribution in [3.05, 3.63) is 53.7 Å². The third-order valence-corrected chi connectivity index (χ3v) is 8.38. The average molecular weight is 498 g/mol. The zero-order valence-electron chi connectivity index (χ0n) is 20.1. The number of amides is 1. The van der Waals surface area contributed by atoms with Gasteiger partial charge < -0.3 is 15.0 Å². The van der Waals surface area contributed by atoms with Crippen LogP contribution in [0.15, 0.2) is 47.5 Å². The molecule has 2 unspecified atom stereocenters. The maximum absolute atomic E-state index is 12.9. The zero-order chi connectivity index (χ0) is 25.0. The molecule has 2 aliphatic rings. The van der Waals surface area contributed by atoms with E-state index in [0.717, 1.165) is 24.5 Å². The summed E-state index contributed by atoms with van der Waals surface area (Å²) in [6.45, 7) is 6.66. The summed E-state index contributed by atoms with van der Waals surface area (Å²) in [5.74, 6) is 0.601. The number of benzene rings is 1. The van der Waals surface area contributed by atoms with Crippen LogP contribution >= 0.6 is 0 Å². The summed E-state index contributed by atoms with van der Waals surface area (Å²) in [5, 5.41) is 11.9. The van der Waals surface area contributed by atoms with Gasteiger partial charge in [-0.3, -0.25) is 4.79 Å². The number of carbonyl (C=O) groups excluding carboxylic acids is 1. The Bertz CT molecular complexity index is 1160. The van der Waals surface area contributed by atoms with Gasteiger partial charge in [-0.25, -0.2) is 13.4 Å². The average Bonchev–Trinajstić information content (AvgIpc) is 2.87. The van der Waals surface area contributed by atoms with Gasteiger partial charge in [-0.2, -0.15) is 9.57 Å². The zero-order valence-corrected chi connectivity index (χ0v) is 20.9. The van der Waals surface area contributed by atoms with Gasteiger partial charge in [0.05, 0.1) is 28.7 Å². The summed E-state index contributed by atoms with van der Waals surface area (Å²) in [6.07, 6.45) is 3.03. The van der Waals surface area contributed by atoms with Gasteiger partial charge in [-0.1, -0.05) is 6.07 Å². The number of anilines is 1. The molecule has 9 nitrogen and oxygen atoms in total. The van der Waals surface area contributed by atoms with Crippen LogP contribution in [0, 0.1) is 17.2 Å². The molecule has 3 heterocycles. The summed E-state index contributed by atoms with van der Waals surface area (Å²) >= 11 is 0. The normalized spacial score (nSPS) is 21.9. The molecule has 0 radical (unpaired) electrons. The third-order valence-electron chi connectivity index (χ3n) is 6.47. The Morgan fingerprint density at radius 2 is 1.77 bits per heavy atom.